The summed E-state index contributed by atoms with van der Waals surface area (Å²) in [6, 6.07) is 14.0. The minimum absolute atomic E-state index is 0.151. The van der Waals surface area contributed by atoms with Crippen molar-refractivity contribution in [3.8, 4) is 5.75 Å². The predicted molar refractivity (Wildman–Crippen MR) is 111 cm³/mol. The van der Waals surface area contributed by atoms with Gasteiger partial charge in [-0.15, -0.1) is 0 Å². The topological polar surface area (TPSA) is 44.8 Å². The van der Waals surface area contributed by atoms with Gasteiger partial charge in [0.1, 0.15) is 5.75 Å². The molecular formula is C22H29N3O2. The molecule has 1 N–H and O–H groups in total. The fourth-order valence-electron chi connectivity index (χ4n) is 3.32. The van der Waals surface area contributed by atoms with E-state index < -0.39 is 6.10 Å². The second kappa shape index (κ2) is 8.44. The molecule has 27 heavy (non-hydrogen) atoms. The van der Waals surface area contributed by atoms with E-state index in [9.17, 15) is 4.79 Å². The number of ether oxygens (including phenoxy) is 1. The van der Waals surface area contributed by atoms with Crippen molar-refractivity contribution in [3.63, 3.8) is 0 Å². The van der Waals surface area contributed by atoms with Crippen molar-refractivity contribution >= 4 is 17.3 Å². The number of nitrogens with one attached hydrogen (secondary N) is 1. The van der Waals surface area contributed by atoms with E-state index in [1.165, 1.54) is 5.69 Å². The highest BCUT2D eigenvalue weighted by Crippen LogP contribution is 2.21. The summed E-state index contributed by atoms with van der Waals surface area (Å²) in [6.07, 6.45) is -0.566. The summed E-state index contributed by atoms with van der Waals surface area (Å²) in [5.74, 6) is 0.571. The van der Waals surface area contributed by atoms with Gasteiger partial charge in [0.2, 0.25) is 0 Å². The maximum Gasteiger partial charge on any atom is 0.265 e. The molecule has 3 rings (SSSR count). The molecule has 1 fully saturated rings. The van der Waals surface area contributed by atoms with Gasteiger partial charge in [-0.2, -0.15) is 0 Å². The van der Waals surface area contributed by atoms with Crippen LogP contribution in [0.15, 0.2) is 42.5 Å². The number of anilines is 2. The Bertz CT molecular complexity index is 760. The van der Waals surface area contributed by atoms with Gasteiger partial charge >= 0.3 is 0 Å². The Morgan fingerprint density at radius 1 is 1.00 bits per heavy atom. The van der Waals surface area contributed by atoms with Crippen LogP contribution < -0.4 is 15.0 Å². The third-order valence-corrected chi connectivity index (χ3v) is 4.88. The highest BCUT2D eigenvalue weighted by Gasteiger charge is 2.17. The van der Waals surface area contributed by atoms with E-state index in [1.54, 1.807) is 6.92 Å². The molecule has 5 nitrogen and oxygen atoms in total. The molecule has 2 aromatic rings. The Morgan fingerprint density at radius 3 is 2.19 bits per heavy atom. The Balaban J connectivity index is 1.57. The molecule has 1 saturated heterocycles. The summed E-state index contributed by atoms with van der Waals surface area (Å²) in [7, 11) is 2.15. The lowest BCUT2D eigenvalue weighted by atomic mass is 10.1. The number of amides is 1. The molecule has 1 unspecified atom stereocenters. The lowest BCUT2D eigenvalue weighted by Gasteiger charge is -2.34. The van der Waals surface area contributed by atoms with Crippen LogP contribution in [0.2, 0.25) is 0 Å². The van der Waals surface area contributed by atoms with Crippen LogP contribution in [0.4, 0.5) is 11.4 Å². The van der Waals surface area contributed by atoms with Gasteiger partial charge in [0.25, 0.3) is 5.91 Å². The molecule has 2 aromatic carbocycles. The maximum absolute atomic E-state index is 12.5. The maximum atomic E-state index is 12.5. The molecule has 1 atom stereocenters. The molecule has 0 aromatic heterocycles. The van der Waals surface area contributed by atoms with E-state index in [-0.39, 0.29) is 5.91 Å². The minimum Gasteiger partial charge on any atom is -0.481 e. The summed E-state index contributed by atoms with van der Waals surface area (Å²) in [6.45, 7) is 10.0. The minimum atomic E-state index is -0.566. The van der Waals surface area contributed by atoms with Gasteiger partial charge in [-0.3, -0.25) is 4.79 Å². The van der Waals surface area contributed by atoms with Crippen LogP contribution in [0.25, 0.3) is 0 Å². The SMILES string of the molecule is Cc1cc(C)cc(OC(C)C(=O)Nc2ccc(N3CCN(C)CC3)cc2)c1. The average Bonchev–Trinajstić information content (AvgIpc) is 2.62. The number of nitrogens with zero attached hydrogens (tertiary/aromatic N) is 2. The first kappa shape index (κ1) is 19.2. The number of carbonyl (C=O) groups excluding carboxylic acids is 1. The van der Waals surface area contributed by atoms with Gasteiger partial charge in [-0.05, 0) is 75.3 Å². The van der Waals surface area contributed by atoms with Crippen LogP contribution in [0.5, 0.6) is 5.75 Å². The van der Waals surface area contributed by atoms with Gasteiger partial charge in [-0.25, -0.2) is 0 Å². The zero-order valence-electron chi connectivity index (χ0n) is 16.7. The van der Waals surface area contributed by atoms with Gasteiger partial charge in [-0.1, -0.05) is 6.07 Å². The first-order valence-electron chi connectivity index (χ1n) is 9.50. The second-order valence-corrected chi connectivity index (χ2v) is 7.41. The third-order valence-electron chi connectivity index (χ3n) is 4.88. The Morgan fingerprint density at radius 2 is 1.59 bits per heavy atom. The molecule has 1 aliphatic heterocycles. The molecule has 0 saturated carbocycles. The number of piperazine rings is 1. The Hall–Kier alpha value is -2.53. The number of aryl methyl sites for hydroxylation is 2. The quantitative estimate of drug-likeness (QED) is 0.879. The van der Waals surface area contributed by atoms with E-state index in [0.717, 1.165) is 48.7 Å². The lowest BCUT2D eigenvalue weighted by molar-refractivity contribution is -0.122. The smallest absolute Gasteiger partial charge is 0.265 e. The fourth-order valence-corrected chi connectivity index (χ4v) is 3.32. The molecule has 144 valence electrons. The van der Waals surface area contributed by atoms with Gasteiger partial charge in [0, 0.05) is 37.6 Å². The number of carbonyl (C=O) groups is 1. The monoisotopic (exact) mass is 367 g/mol. The molecule has 5 heteroatoms. The third kappa shape index (κ3) is 5.23. The van der Waals surface area contributed by atoms with E-state index in [2.05, 4.69) is 40.4 Å². The molecule has 0 spiro atoms. The Labute approximate surface area is 161 Å². The summed E-state index contributed by atoms with van der Waals surface area (Å²) in [5, 5.41) is 2.94. The largest absolute Gasteiger partial charge is 0.481 e. The summed E-state index contributed by atoms with van der Waals surface area (Å²) < 4.78 is 5.81. The summed E-state index contributed by atoms with van der Waals surface area (Å²) >= 11 is 0. The number of hydrogen-bond acceptors (Lipinski definition) is 4. The van der Waals surface area contributed by atoms with E-state index in [4.69, 9.17) is 4.74 Å². The standard InChI is InChI=1S/C22H29N3O2/c1-16-13-17(2)15-21(14-16)27-18(3)22(26)23-19-5-7-20(8-6-19)25-11-9-24(4)10-12-25/h5-8,13-15,18H,9-12H2,1-4H3,(H,23,26). The van der Waals surface area contributed by atoms with E-state index >= 15 is 0 Å². The highest BCUT2D eigenvalue weighted by atomic mass is 16.5. The lowest BCUT2D eigenvalue weighted by Crippen LogP contribution is -2.44. The predicted octanol–water partition coefficient (Wildman–Crippen LogP) is 3.46. The van der Waals surface area contributed by atoms with Crippen LogP contribution in [-0.2, 0) is 4.79 Å². The van der Waals surface area contributed by atoms with Crippen molar-refractivity contribution in [3.05, 3.63) is 53.6 Å². The average molecular weight is 367 g/mol. The number of likely N-dealkylation sites (N-methyl/N-ethyl adjacent to an activating group) is 1. The van der Waals surface area contributed by atoms with Crippen molar-refractivity contribution in [2.24, 2.45) is 0 Å². The zero-order valence-corrected chi connectivity index (χ0v) is 16.7. The van der Waals surface area contributed by atoms with Crippen molar-refractivity contribution in [2.75, 3.05) is 43.4 Å². The van der Waals surface area contributed by atoms with Crippen LogP contribution in [0.1, 0.15) is 18.1 Å². The number of hydrogen-bond donors (Lipinski definition) is 1. The molecule has 1 amide bonds. The van der Waals surface area contributed by atoms with Crippen LogP contribution >= 0.6 is 0 Å². The first-order valence-corrected chi connectivity index (χ1v) is 9.50. The van der Waals surface area contributed by atoms with E-state index in [1.807, 2.05) is 38.1 Å². The van der Waals surface area contributed by atoms with E-state index in [0.29, 0.717) is 0 Å². The van der Waals surface area contributed by atoms with Crippen LogP contribution in [0, 0.1) is 13.8 Å². The number of rotatable bonds is 5. The van der Waals surface area contributed by atoms with Crippen molar-refractivity contribution in [2.45, 2.75) is 26.9 Å². The number of benzene rings is 2. The van der Waals surface area contributed by atoms with Crippen molar-refractivity contribution in [1.29, 1.82) is 0 Å². The van der Waals surface area contributed by atoms with Crippen molar-refractivity contribution < 1.29 is 9.53 Å². The molecule has 0 aliphatic carbocycles. The summed E-state index contributed by atoms with van der Waals surface area (Å²) in [4.78, 5) is 17.2. The molecule has 0 radical (unpaired) electrons. The second-order valence-electron chi connectivity index (χ2n) is 7.41. The van der Waals surface area contributed by atoms with Gasteiger partial charge in [0.15, 0.2) is 6.10 Å². The molecular weight excluding hydrogens is 338 g/mol. The fraction of sp³-hybridized carbons (Fsp3) is 0.409. The summed E-state index contributed by atoms with van der Waals surface area (Å²) in [5.41, 5.74) is 4.23. The van der Waals surface area contributed by atoms with Gasteiger partial charge < -0.3 is 19.9 Å². The molecule has 1 aliphatic rings. The van der Waals surface area contributed by atoms with Gasteiger partial charge in [0.05, 0.1) is 0 Å². The normalized spacial score (nSPS) is 16.1. The highest BCUT2D eigenvalue weighted by molar-refractivity contribution is 5.94. The van der Waals surface area contributed by atoms with Crippen molar-refractivity contribution in [1.82, 2.24) is 4.90 Å². The van der Waals surface area contributed by atoms with Crippen LogP contribution in [0.3, 0.4) is 0 Å². The molecule has 1 heterocycles. The molecule has 0 bridgehead atoms. The Kier molecular flexibility index (Phi) is 6.01. The van der Waals surface area contributed by atoms with Crippen LogP contribution in [-0.4, -0.2) is 50.1 Å². The zero-order chi connectivity index (χ0) is 19.4. The first-order chi connectivity index (χ1) is 12.9.